The molecular formula is C7H3F6NS2. The van der Waals surface area contributed by atoms with E-state index in [1.54, 1.807) is 0 Å². The first-order valence-corrected chi connectivity index (χ1v) is 5.25. The van der Waals surface area contributed by atoms with Gasteiger partial charge in [-0.2, -0.15) is 26.3 Å². The highest BCUT2D eigenvalue weighted by molar-refractivity contribution is 8.00. The van der Waals surface area contributed by atoms with Crippen LogP contribution < -0.4 is 0 Å². The van der Waals surface area contributed by atoms with Crippen molar-refractivity contribution in [2.45, 2.75) is 20.8 Å². The minimum atomic E-state index is -4.54. The van der Waals surface area contributed by atoms with Crippen molar-refractivity contribution in [3.63, 3.8) is 0 Å². The molecule has 1 rings (SSSR count). The number of alkyl halides is 6. The molecule has 0 spiro atoms. The summed E-state index contributed by atoms with van der Waals surface area (Å²) in [5.74, 6) is 0. The maximum absolute atomic E-state index is 11.9. The van der Waals surface area contributed by atoms with Crippen LogP contribution in [0.1, 0.15) is 0 Å². The van der Waals surface area contributed by atoms with Crippen LogP contribution in [0.25, 0.3) is 0 Å². The third-order valence-electron chi connectivity index (χ3n) is 1.16. The van der Waals surface area contributed by atoms with E-state index in [9.17, 15) is 26.3 Å². The number of aromatic nitrogens is 1. The third kappa shape index (κ3) is 5.50. The zero-order valence-corrected chi connectivity index (χ0v) is 8.90. The number of thioether (sulfide) groups is 2. The van der Waals surface area contributed by atoms with E-state index in [4.69, 9.17) is 0 Å². The molecule has 16 heavy (non-hydrogen) atoms. The van der Waals surface area contributed by atoms with E-state index < -0.39 is 34.5 Å². The Kier molecular flexibility index (Phi) is 4.00. The minimum Gasteiger partial charge on any atom is -0.262 e. The highest BCUT2D eigenvalue weighted by Gasteiger charge is 2.31. The van der Waals surface area contributed by atoms with Gasteiger partial charge in [0.25, 0.3) is 0 Å². The van der Waals surface area contributed by atoms with E-state index in [0.29, 0.717) is 0 Å². The van der Waals surface area contributed by atoms with Gasteiger partial charge in [0, 0.05) is 22.2 Å². The lowest BCUT2D eigenvalue weighted by Crippen LogP contribution is -2.01. The van der Waals surface area contributed by atoms with Gasteiger partial charge in [0.2, 0.25) is 0 Å². The van der Waals surface area contributed by atoms with Crippen molar-refractivity contribution in [3.05, 3.63) is 18.5 Å². The molecule has 0 amide bonds. The van der Waals surface area contributed by atoms with Crippen LogP contribution in [0.5, 0.6) is 0 Å². The van der Waals surface area contributed by atoms with Gasteiger partial charge in [-0.3, -0.25) is 4.98 Å². The third-order valence-corrected chi connectivity index (χ3v) is 2.54. The fraction of sp³-hybridized carbons (Fsp3) is 0.286. The minimum absolute atomic E-state index is 0.373. The number of hydrogen-bond donors (Lipinski definition) is 0. The van der Waals surface area contributed by atoms with Crippen molar-refractivity contribution in [1.82, 2.24) is 4.98 Å². The normalized spacial score (nSPS) is 12.9. The van der Waals surface area contributed by atoms with Crippen LogP contribution in [0.15, 0.2) is 28.3 Å². The molecule has 0 aromatic carbocycles. The van der Waals surface area contributed by atoms with Gasteiger partial charge in [-0.1, -0.05) is 0 Å². The van der Waals surface area contributed by atoms with Gasteiger partial charge in [-0.05, 0) is 29.6 Å². The molecule has 0 aliphatic heterocycles. The summed E-state index contributed by atoms with van der Waals surface area (Å²) in [5.41, 5.74) is -9.08. The van der Waals surface area contributed by atoms with Gasteiger partial charge < -0.3 is 0 Å². The standard InChI is InChI=1S/C7H3F6NS2/c8-6(9,10)15-4-1-5(3-14-2-4)16-7(11,12)13/h1-3H. The monoisotopic (exact) mass is 279 g/mol. The Balaban J connectivity index is 2.79. The highest BCUT2D eigenvalue weighted by Crippen LogP contribution is 2.40. The van der Waals surface area contributed by atoms with E-state index in [1.165, 1.54) is 0 Å². The zero-order valence-electron chi connectivity index (χ0n) is 7.26. The van der Waals surface area contributed by atoms with E-state index in [1.807, 2.05) is 0 Å². The maximum atomic E-state index is 11.9. The first-order valence-electron chi connectivity index (χ1n) is 3.62. The molecule has 1 aromatic rings. The van der Waals surface area contributed by atoms with Crippen LogP contribution in [0, 0.1) is 0 Å². The fourth-order valence-electron chi connectivity index (χ4n) is 0.778. The lowest BCUT2D eigenvalue weighted by molar-refractivity contribution is -0.0334. The number of halogens is 6. The Hall–Kier alpha value is -0.570. The molecule has 0 aliphatic carbocycles. The first-order chi connectivity index (χ1) is 7.16. The van der Waals surface area contributed by atoms with Crippen LogP contribution >= 0.6 is 23.5 Å². The highest BCUT2D eigenvalue weighted by atomic mass is 32.2. The van der Waals surface area contributed by atoms with E-state index >= 15 is 0 Å². The van der Waals surface area contributed by atoms with Crippen LogP contribution in [0.2, 0.25) is 0 Å². The average Bonchev–Trinajstić information content (AvgIpc) is 1.96. The lowest BCUT2D eigenvalue weighted by Gasteiger charge is -2.08. The van der Waals surface area contributed by atoms with Crippen molar-refractivity contribution in [1.29, 1.82) is 0 Å². The Morgan fingerprint density at radius 3 is 1.50 bits per heavy atom. The molecule has 1 heterocycles. The van der Waals surface area contributed by atoms with Gasteiger partial charge in [0.1, 0.15) is 0 Å². The molecule has 0 bridgehead atoms. The average molecular weight is 279 g/mol. The van der Waals surface area contributed by atoms with Crippen LogP contribution in [-0.4, -0.2) is 16.0 Å². The lowest BCUT2D eigenvalue weighted by atomic mass is 10.5. The molecule has 9 heteroatoms. The molecule has 0 saturated carbocycles. The molecule has 1 aromatic heterocycles. The Labute approximate surface area is 94.6 Å². The van der Waals surface area contributed by atoms with E-state index in [0.717, 1.165) is 18.5 Å². The van der Waals surface area contributed by atoms with Crippen molar-refractivity contribution in [2.75, 3.05) is 0 Å². The Morgan fingerprint density at radius 2 is 1.19 bits per heavy atom. The van der Waals surface area contributed by atoms with Crippen molar-refractivity contribution >= 4 is 23.5 Å². The second-order valence-electron chi connectivity index (χ2n) is 2.45. The number of hydrogen-bond acceptors (Lipinski definition) is 3. The summed E-state index contributed by atoms with van der Waals surface area (Å²) in [6, 6.07) is 0.795. The molecule has 1 nitrogen and oxygen atoms in total. The second-order valence-corrected chi connectivity index (χ2v) is 4.73. The number of rotatable bonds is 2. The van der Waals surface area contributed by atoms with Crippen LogP contribution in [0.3, 0.4) is 0 Å². The van der Waals surface area contributed by atoms with Crippen molar-refractivity contribution in [2.24, 2.45) is 0 Å². The Morgan fingerprint density at radius 1 is 0.812 bits per heavy atom. The molecule has 0 radical (unpaired) electrons. The number of pyridine rings is 1. The largest absolute Gasteiger partial charge is 0.446 e. The van der Waals surface area contributed by atoms with Gasteiger partial charge in [-0.25, -0.2) is 0 Å². The molecular weight excluding hydrogens is 276 g/mol. The van der Waals surface area contributed by atoms with Gasteiger partial charge >= 0.3 is 11.0 Å². The first kappa shape index (κ1) is 13.5. The van der Waals surface area contributed by atoms with Gasteiger partial charge in [0.15, 0.2) is 0 Å². The predicted octanol–water partition coefficient (Wildman–Crippen LogP) is 4.31. The molecule has 0 unspecified atom stereocenters. The molecule has 0 atom stereocenters. The number of nitrogens with zero attached hydrogens (tertiary/aromatic N) is 1. The van der Waals surface area contributed by atoms with E-state index in [2.05, 4.69) is 4.98 Å². The molecule has 0 fully saturated rings. The summed E-state index contributed by atoms with van der Waals surface area (Å²) in [7, 11) is 0. The second kappa shape index (κ2) is 4.74. The summed E-state index contributed by atoms with van der Waals surface area (Å²) in [6.07, 6.45) is 1.72. The molecule has 0 N–H and O–H groups in total. The zero-order chi connectivity index (χ0) is 12.4. The summed E-state index contributed by atoms with van der Waals surface area (Å²) in [6.45, 7) is 0. The van der Waals surface area contributed by atoms with E-state index in [-0.39, 0.29) is 9.79 Å². The Bertz CT molecular complexity index is 329. The quantitative estimate of drug-likeness (QED) is 0.591. The summed E-state index contributed by atoms with van der Waals surface area (Å²) >= 11 is -1.00. The van der Waals surface area contributed by atoms with Crippen LogP contribution in [-0.2, 0) is 0 Å². The summed E-state index contributed by atoms with van der Waals surface area (Å²) in [4.78, 5) is 2.56. The summed E-state index contributed by atoms with van der Waals surface area (Å²) < 4.78 is 71.5. The smallest absolute Gasteiger partial charge is 0.262 e. The van der Waals surface area contributed by atoms with Crippen molar-refractivity contribution in [3.8, 4) is 0 Å². The molecule has 0 aliphatic rings. The topological polar surface area (TPSA) is 12.9 Å². The summed E-state index contributed by atoms with van der Waals surface area (Å²) in [5, 5.41) is 0. The fourth-order valence-corrected chi connectivity index (χ4v) is 1.99. The van der Waals surface area contributed by atoms with Gasteiger partial charge in [-0.15, -0.1) is 0 Å². The van der Waals surface area contributed by atoms with Crippen LogP contribution in [0.4, 0.5) is 26.3 Å². The SMILES string of the molecule is FC(F)(F)Sc1cncc(SC(F)(F)F)c1. The molecule has 0 saturated heterocycles. The maximum Gasteiger partial charge on any atom is 0.446 e. The predicted molar refractivity (Wildman–Crippen MR) is 48.1 cm³/mol. The van der Waals surface area contributed by atoms with Gasteiger partial charge in [0.05, 0.1) is 0 Å². The molecule has 90 valence electrons. The van der Waals surface area contributed by atoms with Crippen molar-refractivity contribution < 1.29 is 26.3 Å².